The molecule has 9 heteroatoms. The van der Waals surface area contributed by atoms with Crippen molar-refractivity contribution in [2.75, 3.05) is 31.5 Å². The van der Waals surface area contributed by atoms with Crippen LogP contribution in [0, 0.1) is 6.92 Å². The molecule has 0 aliphatic carbocycles. The molecular formula is C22H27N5O4. The zero-order valence-corrected chi connectivity index (χ0v) is 17.6. The Bertz CT molecular complexity index is 941. The fourth-order valence-corrected chi connectivity index (χ4v) is 3.96. The highest BCUT2D eigenvalue weighted by Gasteiger charge is 2.25. The predicted octanol–water partition coefficient (Wildman–Crippen LogP) is 2.65. The number of nitrogens with one attached hydrogen (secondary N) is 2. The van der Waals surface area contributed by atoms with Gasteiger partial charge in [-0.3, -0.25) is 9.59 Å². The minimum Gasteiger partial charge on any atom is -0.351 e. The SMILES string of the molecule is Cc1cc(C(=O)NC2CCN(C(=O)Nc3ccc(C(=O)N4CCCC4)cc3)CC2)on1. The molecule has 2 aliphatic rings. The first-order chi connectivity index (χ1) is 15.0. The lowest BCUT2D eigenvalue weighted by Gasteiger charge is -2.32. The number of carbonyl (C=O) groups is 3. The van der Waals surface area contributed by atoms with Crippen LogP contribution < -0.4 is 10.6 Å². The quantitative estimate of drug-likeness (QED) is 0.783. The molecule has 2 N–H and O–H groups in total. The molecule has 164 valence electrons. The van der Waals surface area contributed by atoms with Gasteiger partial charge in [-0.2, -0.15) is 0 Å². The summed E-state index contributed by atoms with van der Waals surface area (Å²) in [6, 6.07) is 8.42. The third kappa shape index (κ3) is 5.04. The van der Waals surface area contributed by atoms with E-state index in [1.165, 1.54) is 0 Å². The van der Waals surface area contributed by atoms with Gasteiger partial charge in [-0.05, 0) is 56.9 Å². The first kappa shape index (κ1) is 20.9. The van der Waals surface area contributed by atoms with Gasteiger partial charge in [-0.15, -0.1) is 0 Å². The number of aromatic nitrogens is 1. The van der Waals surface area contributed by atoms with E-state index in [2.05, 4.69) is 15.8 Å². The molecule has 1 aromatic heterocycles. The van der Waals surface area contributed by atoms with Gasteiger partial charge in [-0.25, -0.2) is 4.79 Å². The number of likely N-dealkylation sites (tertiary alicyclic amines) is 2. The van der Waals surface area contributed by atoms with Crippen molar-refractivity contribution in [1.29, 1.82) is 0 Å². The molecular weight excluding hydrogens is 398 g/mol. The molecule has 31 heavy (non-hydrogen) atoms. The Hall–Kier alpha value is -3.36. The van der Waals surface area contributed by atoms with Crippen LogP contribution >= 0.6 is 0 Å². The van der Waals surface area contributed by atoms with Gasteiger partial charge >= 0.3 is 6.03 Å². The van der Waals surface area contributed by atoms with E-state index in [0.717, 1.165) is 25.9 Å². The monoisotopic (exact) mass is 425 g/mol. The van der Waals surface area contributed by atoms with E-state index in [4.69, 9.17) is 4.52 Å². The van der Waals surface area contributed by atoms with Crippen molar-refractivity contribution < 1.29 is 18.9 Å². The second kappa shape index (κ2) is 9.20. The number of hydrogen-bond donors (Lipinski definition) is 2. The number of hydrogen-bond acceptors (Lipinski definition) is 5. The number of nitrogens with zero attached hydrogens (tertiary/aromatic N) is 3. The minimum atomic E-state index is -0.285. The Labute approximate surface area is 180 Å². The number of anilines is 1. The number of aryl methyl sites for hydroxylation is 1. The summed E-state index contributed by atoms with van der Waals surface area (Å²) in [6.07, 6.45) is 3.44. The summed E-state index contributed by atoms with van der Waals surface area (Å²) in [6.45, 7) is 4.46. The summed E-state index contributed by atoms with van der Waals surface area (Å²) < 4.78 is 4.99. The average molecular weight is 425 g/mol. The molecule has 9 nitrogen and oxygen atoms in total. The van der Waals surface area contributed by atoms with Crippen molar-refractivity contribution in [2.24, 2.45) is 0 Å². The van der Waals surface area contributed by atoms with Crippen LogP contribution in [0.25, 0.3) is 0 Å². The molecule has 0 spiro atoms. The maximum absolute atomic E-state index is 12.6. The van der Waals surface area contributed by atoms with Crippen molar-refractivity contribution >= 4 is 23.5 Å². The maximum atomic E-state index is 12.6. The molecule has 2 aromatic rings. The molecule has 0 bridgehead atoms. The Morgan fingerprint density at radius 3 is 2.29 bits per heavy atom. The fraction of sp³-hybridized carbons (Fsp3) is 0.455. The van der Waals surface area contributed by atoms with E-state index in [1.807, 2.05) is 4.90 Å². The lowest BCUT2D eigenvalue weighted by atomic mass is 10.1. The lowest BCUT2D eigenvalue weighted by molar-refractivity contribution is 0.0792. The van der Waals surface area contributed by atoms with E-state index in [1.54, 1.807) is 42.2 Å². The average Bonchev–Trinajstić information content (AvgIpc) is 3.46. The fourth-order valence-electron chi connectivity index (χ4n) is 3.96. The second-order valence-corrected chi connectivity index (χ2v) is 8.07. The molecule has 2 saturated heterocycles. The molecule has 2 fully saturated rings. The van der Waals surface area contributed by atoms with Crippen LogP contribution in [0.3, 0.4) is 0 Å². The summed E-state index contributed by atoms with van der Waals surface area (Å²) in [5.74, 6) is -0.0450. The van der Waals surface area contributed by atoms with Crippen molar-refractivity contribution in [1.82, 2.24) is 20.3 Å². The molecule has 3 heterocycles. The molecule has 4 rings (SSSR count). The largest absolute Gasteiger partial charge is 0.351 e. The molecule has 2 aliphatic heterocycles. The van der Waals surface area contributed by atoms with Gasteiger partial charge < -0.3 is 25.0 Å². The Kier molecular flexibility index (Phi) is 6.20. The topological polar surface area (TPSA) is 108 Å². The van der Waals surface area contributed by atoms with Crippen LogP contribution in [0.1, 0.15) is 52.3 Å². The summed E-state index contributed by atoms with van der Waals surface area (Å²) >= 11 is 0. The standard InChI is InChI=1S/C22H27N5O4/c1-15-14-19(31-25-15)20(28)23-18-8-12-27(13-9-18)22(30)24-17-6-4-16(5-7-17)21(29)26-10-2-3-11-26/h4-7,14,18H,2-3,8-13H2,1H3,(H,23,28)(H,24,30). The summed E-state index contributed by atoms with van der Waals surface area (Å²) in [7, 11) is 0. The Balaban J connectivity index is 1.24. The number of urea groups is 1. The van der Waals surface area contributed by atoms with Gasteiger partial charge in [0.05, 0.1) is 5.69 Å². The van der Waals surface area contributed by atoms with Gasteiger partial charge in [0.2, 0.25) is 5.76 Å². The van der Waals surface area contributed by atoms with Crippen LogP contribution in [-0.4, -0.2) is 65.0 Å². The number of rotatable bonds is 4. The molecule has 1 aromatic carbocycles. The van der Waals surface area contributed by atoms with Crippen molar-refractivity contribution in [2.45, 2.75) is 38.6 Å². The summed E-state index contributed by atoms with van der Waals surface area (Å²) in [5.41, 5.74) is 1.95. The highest BCUT2D eigenvalue weighted by atomic mass is 16.5. The zero-order chi connectivity index (χ0) is 21.8. The molecule has 0 radical (unpaired) electrons. The van der Waals surface area contributed by atoms with Gasteiger partial charge in [0.1, 0.15) is 0 Å². The van der Waals surface area contributed by atoms with E-state index in [-0.39, 0.29) is 29.6 Å². The summed E-state index contributed by atoms with van der Waals surface area (Å²) in [5, 5.41) is 9.54. The van der Waals surface area contributed by atoms with Gasteiger partial charge in [0.25, 0.3) is 11.8 Å². The Morgan fingerprint density at radius 2 is 1.68 bits per heavy atom. The van der Waals surface area contributed by atoms with Crippen LogP contribution in [0.4, 0.5) is 10.5 Å². The van der Waals surface area contributed by atoms with Gasteiger partial charge in [0.15, 0.2) is 0 Å². The normalized spacial score (nSPS) is 16.9. The number of piperidine rings is 1. The minimum absolute atomic E-state index is 0.0159. The van der Waals surface area contributed by atoms with Crippen LogP contribution in [0.2, 0.25) is 0 Å². The van der Waals surface area contributed by atoms with Crippen LogP contribution in [0.15, 0.2) is 34.9 Å². The molecule has 4 amide bonds. The first-order valence-corrected chi connectivity index (χ1v) is 10.7. The van der Waals surface area contributed by atoms with E-state index < -0.39 is 0 Å². The van der Waals surface area contributed by atoms with Crippen molar-refractivity contribution in [3.8, 4) is 0 Å². The van der Waals surface area contributed by atoms with E-state index in [9.17, 15) is 14.4 Å². The van der Waals surface area contributed by atoms with Gasteiger partial charge in [-0.1, -0.05) is 5.16 Å². The maximum Gasteiger partial charge on any atom is 0.321 e. The molecule has 0 atom stereocenters. The van der Waals surface area contributed by atoms with Crippen molar-refractivity contribution in [3.05, 3.63) is 47.3 Å². The van der Waals surface area contributed by atoms with Crippen LogP contribution in [0.5, 0.6) is 0 Å². The number of amides is 4. The number of benzene rings is 1. The highest BCUT2D eigenvalue weighted by molar-refractivity contribution is 5.95. The van der Waals surface area contributed by atoms with E-state index in [0.29, 0.717) is 42.9 Å². The smallest absolute Gasteiger partial charge is 0.321 e. The lowest BCUT2D eigenvalue weighted by Crippen LogP contribution is -2.47. The zero-order valence-electron chi connectivity index (χ0n) is 17.6. The van der Waals surface area contributed by atoms with Gasteiger partial charge in [0, 0.05) is 49.5 Å². The third-order valence-corrected chi connectivity index (χ3v) is 5.75. The van der Waals surface area contributed by atoms with Crippen LogP contribution in [-0.2, 0) is 0 Å². The third-order valence-electron chi connectivity index (χ3n) is 5.75. The second-order valence-electron chi connectivity index (χ2n) is 8.07. The Morgan fingerprint density at radius 1 is 1.00 bits per heavy atom. The van der Waals surface area contributed by atoms with Crippen molar-refractivity contribution in [3.63, 3.8) is 0 Å². The number of carbonyl (C=O) groups excluding carboxylic acids is 3. The predicted molar refractivity (Wildman–Crippen MR) is 114 cm³/mol. The first-order valence-electron chi connectivity index (χ1n) is 10.7. The highest BCUT2D eigenvalue weighted by Crippen LogP contribution is 2.17. The molecule has 0 unspecified atom stereocenters. The molecule has 0 saturated carbocycles. The van der Waals surface area contributed by atoms with E-state index >= 15 is 0 Å². The summed E-state index contributed by atoms with van der Waals surface area (Å²) in [4.78, 5) is 40.8.